The predicted molar refractivity (Wildman–Crippen MR) is 74.0 cm³/mol. The molecule has 1 aliphatic rings. The molecule has 0 radical (unpaired) electrons. The van der Waals surface area contributed by atoms with Crippen molar-refractivity contribution < 1.29 is 9.47 Å². The highest BCUT2D eigenvalue weighted by molar-refractivity contribution is 5.27. The van der Waals surface area contributed by atoms with Gasteiger partial charge in [0.2, 0.25) is 0 Å². The summed E-state index contributed by atoms with van der Waals surface area (Å²) in [6, 6.07) is 8.45. The third kappa shape index (κ3) is 3.74. The van der Waals surface area contributed by atoms with Crippen molar-refractivity contribution in [3.05, 3.63) is 29.8 Å². The van der Waals surface area contributed by atoms with E-state index in [1.165, 1.54) is 31.2 Å². The molecule has 2 nitrogen and oxygen atoms in total. The van der Waals surface area contributed by atoms with Gasteiger partial charge in [0, 0.05) is 13.2 Å². The van der Waals surface area contributed by atoms with Gasteiger partial charge in [0.1, 0.15) is 5.75 Å². The maximum Gasteiger partial charge on any atom is 0.118 e. The highest BCUT2D eigenvalue weighted by atomic mass is 16.5. The Morgan fingerprint density at radius 3 is 2.50 bits per heavy atom. The van der Waals surface area contributed by atoms with Crippen molar-refractivity contribution in [3.63, 3.8) is 0 Å². The zero-order chi connectivity index (χ0) is 12.8. The van der Waals surface area contributed by atoms with E-state index in [9.17, 15) is 0 Å². The Balaban J connectivity index is 1.78. The van der Waals surface area contributed by atoms with E-state index in [0.29, 0.717) is 0 Å². The minimum atomic E-state index is 0.802. The van der Waals surface area contributed by atoms with E-state index in [1.807, 2.05) is 0 Å². The van der Waals surface area contributed by atoms with Crippen LogP contribution in [0.2, 0.25) is 0 Å². The number of hydrogen-bond donors (Lipinski definition) is 0. The van der Waals surface area contributed by atoms with Gasteiger partial charge in [-0.3, -0.25) is 0 Å². The first-order valence-corrected chi connectivity index (χ1v) is 7.00. The zero-order valence-electron chi connectivity index (χ0n) is 11.5. The van der Waals surface area contributed by atoms with Gasteiger partial charge in [-0.1, -0.05) is 19.1 Å². The molecule has 0 spiro atoms. The van der Waals surface area contributed by atoms with E-state index in [1.54, 1.807) is 7.11 Å². The summed E-state index contributed by atoms with van der Waals surface area (Å²) in [4.78, 5) is 0. The maximum atomic E-state index is 5.42. The molecule has 1 aromatic rings. The van der Waals surface area contributed by atoms with E-state index in [0.717, 1.165) is 30.8 Å². The summed E-state index contributed by atoms with van der Waals surface area (Å²) in [5, 5.41) is 0. The second kappa shape index (κ2) is 6.79. The SMILES string of the molecule is COc1ccc(CC[C@@H](C)C2CCOCC2)cc1. The molecule has 0 unspecified atom stereocenters. The third-order valence-corrected chi connectivity index (χ3v) is 4.12. The second-order valence-electron chi connectivity index (χ2n) is 5.31. The first-order valence-electron chi connectivity index (χ1n) is 7.00. The minimum absolute atomic E-state index is 0.802. The average molecular weight is 248 g/mol. The molecule has 1 aliphatic heterocycles. The molecule has 2 rings (SSSR count). The second-order valence-corrected chi connectivity index (χ2v) is 5.31. The summed E-state index contributed by atoms with van der Waals surface area (Å²) in [5.41, 5.74) is 1.41. The topological polar surface area (TPSA) is 18.5 Å². The van der Waals surface area contributed by atoms with Crippen LogP contribution in [0.1, 0.15) is 31.7 Å². The van der Waals surface area contributed by atoms with Crippen LogP contribution in [0.4, 0.5) is 0 Å². The Labute approximate surface area is 110 Å². The Bertz CT molecular complexity index is 339. The van der Waals surface area contributed by atoms with Gasteiger partial charge in [-0.2, -0.15) is 0 Å². The van der Waals surface area contributed by atoms with Crippen LogP contribution in [0, 0.1) is 11.8 Å². The lowest BCUT2D eigenvalue weighted by Crippen LogP contribution is -2.22. The molecule has 100 valence electrons. The zero-order valence-corrected chi connectivity index (χ0v) is 11.5. The van der Waals surface area contributed by atoms with Crippen LogP contribution in [0.3, 0.4) is 0 Å². The normalized spacial score (nSPS) is 18.6. The van der Waals surface area contributed by atoms with Crippen molar-refractivity contribution in [1.82, 2.24) is 0 Å². The number of ether oxygens (including phenoxy) is 2. The number of rotatable bonds is 5. The summed E-state index contributed by atoms with van der Waals surface area (Å²) < 4.78 is 10.6. The fraction of sp³-hybridized carbons (Fsp3) is 0.625. The van der Waals surface area contributed by atoms with Crippen LogP contribution in [0.25, 0.3) is 0 Å². The average Bonchev–Trinajstić information content (AvgIpc) is 2.46. The predicted octanol–water partition coefficient (Wildman–Crippen LogP) is 3.69. The van der Waals surface area contributed by atoms with Crippen molar-refractivity contribution in [2.24, 2.45) is 11.8 Å². The van der Waals surface area contributed by atoms with Crippen LogP contribution < -0.4 is 4.74 Å². The lowest BCUT2D eigenvalue weighted by molar-refractivity contribution is 0.0482. The monoisotopic (exact) mass is 248 g/mol. The summed E-state index contributed by atoms with van der Waals surface area (Å²) in [6.07, 6.45) is 4.92. The molecule has 1 fully saturated rings. The lowest BCUT2D eigenvalue weighted by atomic mass is 9.84. The Morgan fingerprint density at radius 2 is 1.89 bits per heavy atom. The van der Waals surface area contributed by atoms with Gasteiger partial charge in [0.05, 0.1) is 7.11 Å². The molecule has 0 amide bonds. The van der Waals surface area contributed by atoms with Gasteiger partial charge < -0.3 is 9.47 Å². The van der Waals surface area contributed by atoms with Crippen LogP contribution in [-0.4, -0.2) is 20.3 Å². The van der Waals surface area contributed by atoms with Gasteiger partial charge in [-0.15, -0.1) is 0 Å². The van der Waals surface area contributed by atoms with E-state index in [4.69, 9.17) is 9.47 Å². The molecule has 18 heavy (non-hydrogen) atoms. The first kappa shape index (κ1) is 13.4. The summed E-state index contributed by atoms with van der Waals surface area (Å²) in [5.74, 6) is 2.60. The fourth-order valence-corrected chi connectivity index (χ4v) is 2.71. The Hall–Kier alpha value is -1.02. The molecule has 1 atom stereocenters. The molecular formula is C16H24O2. The van der Waals surface area contributed by atoms with Crippen LogP contribution in [-0.2, 0) is 11.2 Å². The van der Waals surface area contributed by atoms with Crippen molar-refractivity contribution in [1.29, 1.82) is 0 Å². The van der Waals surface area contributed by atoms with Gasteiger partial charge in [-0.05, 0) is 55.2 Å². The first-order chi connectivity index (χ1) is 8.79. The Morgan fingerprint density at radius 1 is 1.22 bits per heavy atom. The molecule has 2 heteroatoms. The van der Waals surface area contributed by atoms with Gasteiger partial charge >= 0.3 is 0 Å². The summed E-state index contributed by atoms with van der Waals surface area (Å²) >= 11 is 0. The molecule has 0 N–H and O–H groups in total. The quantitative estimate of drug-likeness (QED) is 0.791. The molecule has 0 aliphatic carbocycles. The lowest BCUT2D eigenvalue weighted by Gasteiger charge is -2.27. The van der Waals surface area contributed by atoms with E-state index < -0.39 is 0 Å². The molecule has 1 saturated heterocycles. The smallest absolute Gasteiger partial charge is 0.118 e. The Kier molecular flexibility index (Phi) is 5.06. The summed E-state index contributed by atoms with van der Waals surface area (Å²) in [7, 11) is 1.71. The minimum Gasteiger partial charge on any atom is -0.497 e. The van der Waals surface area contributed by atoms with Crippen LogP contribution in [0.15, 0.2) is 24.3 Å². The van der Waals surface area contributed by atoms with Crippen LogP contribution >= 0.6 is 0 Å². The van der Waals surface area contributed by atoms with E-state index in [2.05, 4.69) is 31.2 Å². The number of aryl methyl sites for hydroxylation is 1. The summed E-state index contributed by atoms with van der Waals surface area (Å²) in [6.45, 7) is 4.30. The van der Waals surface area contributed by atoms with Gasteiger partial charge in [0.15, 0.2) is 0 Å². The number of benzene rings is 1. The van der Waals surface area contributed by atoms with E-state index in [-0.39, 0.29) is 0 Å². The van der Waals surface area contributed by atoms with Crippen LogP contribution in [0.5, 0.6) is 5.75 Å². The van der Waals surface area contributed by atoms with Gasteiger partial charge in [-0.25, -0.2) is 0 Å². The molecule has 0 saturated carbocycles. The van der Waals surface area contributed by atoms with Gasteiger partial charge in [0.25, 0.3) is 0 Å². The number of methoxy groups -OCH3 is 1. The largest absolute Gasteiger partial charge is 0.497 e. The third-order valence-electron chi connectivity index (χ3n) is 4.12. The van der Waals surface area contributed by atoms with Crippen molar-refractivity contribution in [2.45, 2.75) is 32.6 Å². The number of hydrogen-bond acceptors (Lipinski definition) is 2. The molecule has 0 aromatic heterocycles. The molecule has 1 aromatic carbocycles. The van der Waals surface area contributed by atoms with E-state index >= 15 is 0 Å². The van der Waals surface area contributed by atoms with Crippen molar-refractivity contribution in [2.75, 3.05) is 20.3 Å². The standard InChI is InChI=1S/C16H24O2/c1-13(15-9-11-18-12-10-15)3-4-14-5-7-16(17-2)8-6-14/h5-8,13,15H,3-4,9-12H2,1-2H3/t13-/m1/s1. The molecular weight excluding hydrogens is 224 g/mol. The highest BCUT2D eigenvalue weighted by Crippen LogP contribution is 2.27. The highest BCUT2D eigenvalue weighted by Gasteiger charge is 2.19. The molecule has 0 bridgehead atoms. The maximum absolute atomic E-state index is 5.42. The molecule has 1 heterocycles. The van der Waals surface area contributed by atoms with Crippen molar-refractivity contribution in [3.8, 4) is 5.75 Å². The fourth-order valence-electron chi connectivity index (χ4n) is 2.71. The van der Waals surface area contributed by atoms with Crippen molar-refractivity contribution >= 4 is 0 Å².